The van der Waals surface area contributed by atoms with Crippen LogP contribution in [0, 0.1) is 9.87 Å². The van der Waals surface area contributed by atoms with Gasteiger partial charge in [0.2, 0.25) is 0 Å². The molecule has 0 aromatic carbocycles. The summed E-state index contributed by atoms with van der Waals surface area (Å²) in [6.07, 6.45) is 2.81. The number of rotatable bonds is 3. The molecule has 0 atom stereocenters. The Labute approximate surface area is 78.4 Å². The molecule has 1 N–H and O–H groups in total. The smallest absolute Gasteiger partial charge is 0.177 e. The normalized spacial score (nSPS) is 17.1. The number of hydrogen-bond donors (Lipinski definition) is 1. The van der Waals surface area contributed by atoms with Crippen molar-refractivity contribution in [2.75, 3.05) is 5.75 Å². The first kappa shape index (κ1) is 7.76. The van der Waals surface area contributed by atoms with Gasteiger partial charge in [0.15, 0.2) is 8.29 Å². The average Bonchev–Trinajstić information content (AvgIpc) is 2.72. The van der Waals surface area contributed by atoms with Gasteiger partial charge in [-0.1, -0.05) is 23.1 Å². The summed E-state index contributed by atoms with van der Waals surface area (Å²) in [5.41, 5.74) is 0. The third kappa shape index (κ3) is 2.28. The second kappa shape index (κ2) is 3.25. The zero-order valence-electron chi connectivity index (χ0n) is 5.87. The second-order valence-corrected chi connectivity index (χ2v) is 5.57. The van der Waals surface area contributed by atoms with E-state index in [4.69, 9.17) is 12.2 Å². The molecule has 0 aliphatic heterocycles. The maximum atomic E-state index is 4.92. The monoisotopic (exact) mass is 204 g/mol. The third-order valence-electron chi connectivity index (χ3n) is 1.56. The summed E-state index contributed by atoms with van der Waals surface area (Å²) < 4.78 is 1.87. The van der Waals surface area contributed by atoms with Crippen LogP contribution in [0.3, 0.4) is 0 Å². The lowest BCUT2D eigenvalue weighted by molar-refractivity contribution is 0.977. The molecule has 1 aliphatic rings. The first-order valence-corrected chi connectivity index (χ1v) is 5.74. The second-order valence-electron chi connectivity index (χ2n) is 2.63. The highest BCUT2D eigenvalue weighted by atomic mass is 32.2. The molecule has 0 amide bonds. The van der Waals surface area contributed by atoms with Gasteiger partial charge in [-0.25, -0.2) is 0 Å². The molecule has 0 radical (unpaired) electrons. The summed E-state index contributed by atoms with van der Waals surface area (Å²) in [5, 5.41) is 6.84. The first-order chi connectivity index (χ1) is 5.34. The lowest BCUT2D eigenvalue weighted by atomic mass is 10.5. The molecule has 1 fully saturated rings. The molecule has 0 saturated heterocycles. The van der Waals surface area contributed by atoms with Gasteiger partial charge in [0, 0.05) is 5.75 Å². The van der Waals surface area contributed by atoms with E-state index < -0.39 is 0 Å². The van der Waals surface area contributed by atoms with Crippen molar-refractivity contribution < 1.29 is 0 Å². The fourth-order valence-corrected chi connectivity index (χ4v) is 3.05. The lowest BCUT2D eigenvalue weighted by Crippen LogP contribution is -1.79. The maximum Gasteiger partial charge on any atom is 0.177 e. The maximum absolute atomic E-state index is 4.92. The number of thioether (sulfide) groups is 1. The highest BCUT2D eigenvalue weighted by molar-refractivity contribution is 8.01. The van der Waals surface area contributed by atoms with Crippen molar-refractivity contribution in [3.05, 3.63) is 3.95 Å². The Morgan fingerprint density at radius 1 is 1.73 bits per heavy atom. The molecule has 60 valence electrons. The van der Waals surface area contributed by atoms with Gasteiger partial charge in [-0.2, -0.15) is 5.10 Å². The van der Waals surface area contributed by atoms with Crippen LogP contribution in [-0.2, 0) is 0 Å². The van der Waals surface area contributed by atoms with Crippen molar-refractivity contribution in [3.8, 4) is 0 Å². The van der Waals surface area contributed by atoms with Gasteiger partial charge in [-0.15, -0.1) is 0 Å². The van der Waals surface area contributed by atoms with Crippen LogP contribution in [0.25, 0.3) is 0 Å². The van der Waals surface area contributed by atoms with Gasteiger partial charge in [-0.3, -0.25) is 5.10 Å². The van der Waals surface area contributed by atoms with Gasteiger partial charge in [0.05, 0.1) is 0 Å². The standard InChI is InChI=1S/C6H8N2S3/c9-5-7-8-6(11-5)10-3-4-1-2-4/h4H,1-3H2,(H,7,9). The number of hydrogen-bond acceptors (Lipinski definition) is 4. The summed E-state index contributed by atoms with van der Waals surface area (Å²) in [4.78, 5) is 0. The molecule has 1 saturated carbocycles. The van der Waals surface area contributed by atoms with Crippen LogP contribution in [0.15, 0.2) is 4.34 Å². The van der Waals surface area contributed by atoms with Crippen LogP contribution in [0.2, 0.25) is 0 Å². The van der Waals surface area contributed by atoms with Gasteiger partial charge in [0.25, 0.3) is 0 Å². The highest BCUT2D eigenvalue weighted by Crippen LogP contribution is 2.35. The quantitative estimate of drug-likeness (QED) is 0.606. The molecule has 1 aliphatic carbocycles. The molecular formula is C6H8N2S3. The van der Waals surface area contributed by atoms with Gasteiger partial charge in [0.1, 0.15) is 0 Å². The van der Waals surface area contributed by atoms with Crippen LogP contribution >= 0.6 is 35.3 Å². The molecule has 0 unspecified atom stereocenters. The fourth-order valence-electron chi connectivity index (χ4n) is 0.752. The Balaban J connectivity index is 1.89. The van der Waals surface area contributed by atoms with E-state index in [9.17, 15) is 0 Å². The van der Waals surface area contributed by atoms with E-state index in [1.807, 2.05) is 11.8 Å². The van der Waals surface area contributed by atoms with Gasteiger partial charge >= 0.3 is 0 Å². The van der Waals surface area contributed by atoms with Crippen molar-refractivity contribution >= 4 is 35.3 Å². The van der Waals surface area contributed by atoms with Crippen LogP contribution in [0.5, 0.6) is 0 Å². The molecule has 1 heterocycles. The Bertz CT molecular complexity index is 286. The Morgan fingerprint density at radius 3 is 3.09 bits per heavy atom. The molecule has 5 heteroatoms. The minimum Gasteiger partial charge on any atom is -0.257 e. The summed E-state index contributed by atoms with van der Waals surface area (Å²) in [6.45, 7) is 0. The van der Waals surface area contributed by atoms with Crippen molar-refractivity contribution in [1.82, 2.24) is 10.2 Å². The van der Waals surface area contributed by atoms with Gasteiger partial charge < -0.3 is 0 Å². The number of aromatic amines is 1. The Hall–Kier alpha value is 0.130. The van der Waals surface area contributed by atoms with Crippen molar-refractivity contribution in [1.29, 1.82) is 0 Å². The van der Waals surface area contributed by atoms with E-state index in [0.29, 0.717) is 0 Å². The van der Waals surface area contributed by atoms with E-state index >= 15 is 0 Å². The molecule has 1 aromatic heterocycles. The number of nitrogens with one attached hydrogen (secondary N) is 1. The molecule has 0 spiro atoms. The number of aromatic nitrogens is 2. The van der Waals surface area contributed by atoms with E-state index in [2.05, 4.69) is 10.2 Å². The van der Waals surface area contributed by atoms with Crippen LogP contribution < -0.4 is 0 Å². The summed E-state index contributed by atoms with van der Waals surface area (Å²) in [5.74, 6) is 2.17. The highest BCUT2D eigenvalue weighted by Gasteiger charge is 2.21. The Kier molecular flexibility index (Phi) is 2.29. The minimum absolute atomic E-state index is 0.781. The summed E-state index contributed by atoms with van der Waals surface area (Å²) >= 11 is 8.31. The molecule has 2 rings (SSSR count). The molecular weight excluding hydrogens is 196 g/mol. The van der Waals surface area contributed by atoms with E-state index in [0.717, 1.165) is 14.2 Å². The van der Waals surface area contributed by atoms with Crippen molar-refractivity contribution in [2.24, 2.45) is 5.92 Å². The third-order valence-corrected chi connectivity index (χ3v) is 4.02. The van der Waals surface area contributed by atoms with E-state index in [1.165, 1.54) is 18.6 Å². The SMILES string of the molecule is S=c1[nH]nc(SCC2CC2)s1. The van der Waals surface area contributed by atoms with E-state index in [-0.39, 0.29) is 0 Å². The Morgan fingerprint density at radius 2 is 2.55 bits per heavy atom. The molecule has 11 heavy (non-hydrogen) atoms. The van der Waals surface area contributed by atoms with Gasteiger partial charge in [-0.05, 0) is 31.0 Å². The largest absolute Gasteiger partial charge is 0.257 e. The van der Waals surface area contributed by atoms with Crippen molar-refractivity contribution in [3.63, 3.8) is 0 Å². The molecule has 0 bridgehead atoms. The summed E-state index contributed by atoms with van der Waals surface area (Å²) in [7, 11) is 0. The van der Waals surface area contributed by atoms with E-state index in [1.54, 1.807) is 11.3 Å². The zero-order chi connectivity index (χ0) is 7.68. The van der Waals surface area contributed by atoms with Crippen LogP contribution in [-0.4, -0.2) is 16.0 Å². The topological polar surface area (TPSA) is 28.7 Å². The molecule has 1 aromatic rings. The minimum atomic E-state index is 0.781. The number of nitrogens with zero attached hydrogens (tertiary/aromatic N) is 1. The summed E-state index contributed by atoms with van der Waals surface area (Å²) in [6, 6.07) is 0. The predicted octanol–water partition coefficient (Wildman–Crippen LogP) is 2.70. The van der Waals surface area contributed by atoms with Crippen LogP contribution in [0.4, 0.5) is 0 Å². The first-order valence-electron chi connectivity index (χ1n) is 3.53. The molecule has 2 nitrogen and oxygen atoms in total. The fraction of sp³-hybridized carbons (Fsp3) is 0.667. The predicted molar refractivity (Wildman–Crippen MR) is 50.7 cm³/mol. The van der Waals surface area contributed by atoms with Crippen LogP contribution in [0.1, 0.15) is 12.8 Å². The van der Waals surface area contributed by atoms with Crippen molar-refractivity contribution in [2.45, 2.75) is 17.2 Å². The average molecular weight is 204 g/mol. The number of H-pyrrole nitrogens is 1. The lowest BCUT2D eigenvalue weighted by Gasteiger charge is -1.90. The zero-order valence-corrected chi connectivity index (χ0v) is 8.32.